The number of esters is 3. The van der Waals surface area contributed by atoms with Crippen molar-refractivity contribution >= 4 is 25.7 Å². The first-order valence-corrected chi connectivity index (χ1v) is 33.6. The predicted octanol–water partition coefficient (Wildman–Crippen LogP) is 19.7. The number of unbranched alkanes of at least 4 members (excludes halogenated alkanes) is 19. The molecule has 0 saturated carbocycles. The minimum absolute atomic E-state index is 0.0329. The molecule has 3 unspecified atom stereocenters. The Balaban J connectivity index is 4.86. The van der Waals surface area contributed by atoms with Crippen molar-refractivity contribution in [3.63, 3.8) is 0 Å². The molecule has 82 heavy (non-hydrogen) atoms. The third-order valence-corrected chi connectivity index (χ3v) is 14.0. The maximum atomic E-state index is 12.9. The topological polar surface area (TPSA) is 155 Å². The predicted molar refractivity (Wildman–Crippen MR) is 343 cm³/mol. The van der Waals surface area contributed by atoms with E-state index in [0.29, 0.717) is 32.1 Å². The van der Waals surface area contributed by atoms with Crippen molar-refractivity contribution in [1.29, 1.82) is 0 Å². The van der Waals surface area contributed by atoms with Gasteiger partial charge in [0.1, 0.15) is 12.7 Å². The zero-order valence-corrected chi connectivity index (χ0v) is 52.6. The molecule has 0 rings (SSSR count). The van der Waals surface area contributed by atoms with Crippen LogP contribution in [-0.2, 0) is 42.2 Å². The third kappa shape index (κ3) is 60.2. The van der Waals surface area contributed by atoms with E-state index in [0.717, 1.165) is 83.5 Å². The summed E-state index contributed by atoms with van der Waals surface area (Å²) in [5, 5.41) is 9.84. The molecule has 3 atom stereocenters. The van der Waals surface area contributed by atoms with Crippen LogP contribution in [0.15, 0.2) is 134 Å². The first-order valence-electron chi connectivity index (χ1n) is 32.1. The lowest BCUT2D eigenvalue weighted by molar-refractivity contribution is -0.161. The number of ether oxygens (including phenoxy) is 3. The number of carbonyl (C=O) groups is 3. The van der Waals surface area contributed by atoms with Crippen LogP contribution in [0.4, 0.5) is 0 Å². The number of phosphoric ester groups is 1. The Hall–Kier alpha value is -4.38. The first kappa shape index (κ1) is 77.6. The van der Waals surface area contributed by atoms with Gasteiger partial charge in [-0.05, 0) is 96.3 Å². The van der Waals surface area contributed by atoms with E-state index >= 15 is 0 Å². The number of phosphoric acid groups is 1. The van der Waals surface area contributed by atoms with Crippen molar-refractivity contribution in [2.75, 3.05) is 26.4 Å². The molecule has 0 aliphatic rings. The minimum atomic E-state index is -4.80. The van der Waals surface area contributed by atoms with Gasteiger partial charge in [-0.3, -0.25) is 23.4 Å². The lowest BCUT2D eigenvalue weighted by Crippen LogP contribution is -2.30. The second kappa shape index (κ2) is 62.7. The molecule has 0 aromatic carbocycles. The van der Waals surface area contributed by atoms with E-state index in [2.05, 4.69) is 130 Å². The van der Waals surface area contributed by atoms with E-state index in [-0.39, 0.29) is 25.9 Å². The Morgan fingerprint density at radius 1 is 0.354 bits per heavy atom. The quantitative estimate of drug-likeness (QED) is 0.0197. The Labute approximate surface area is 500 Å². The van der Waals surface area contributed by atoms with Gasteiger partial charge in [-0.2, -0.15) is 0 Å². The molecule has 0 fully saturated rings. The van der Waals surface area contributed by atoms with E-state index < -0.39 is 57.8 Å². The van der Waals surface area contributed by atoms with Gasteiger partial charge in [-0.25, -0.2) is 4.57 Å². The Kier molecular flexibility index (Phi) is 59.3. The number of carbonyl (C=O) groups excluding carboxylic acids is 3. The highest BCUT2D eigenvalue weighted by Crippen LogP contribution is 2.43. The van der Waals surface area contributed by atoms with Gasteiger partial charge in [-0.1, -0.05) is 270 Å². The maximum Gasteiger partial charge on any atom is 0.472 e. The van der Waals surface area contributed by atoms with E-state index in [1.807, 2.05) is 24.3 Å². The SMILES string of the molecule is CC/C=C\C/C=C\C/C=C\C/C=C\C/C=C\C/C=C\CCC(=O)OC(COC(=O)CCCCCCCCCCCCCCCCCCCCC)COP(=O)(O)OCC(CO)OC(=O)CCC/C=C\C/C=C\C/C=C\C/C=C\C/C=C\CC. The molecule has 0 aromatic heterocycles. The number of aliphatic hydroxyl groups excluding tert-OH is 1. The summed E-state index contributed by atoms with van der Waals surface area (Å²) in [6.45, 7) is 4.29. The van der Waals surface area contributed by atoms with Crippen molar-refractivity contribution in [2.45, 2.75) is 264 Å². The number of rotatable bonds is 58. The Morgan fingerprint density at radius 3 is 1.04 bits per heavy atom. The molecule has 2 N–H and O–H groups in total. The molecule has 466 valence electrons. The minimum Gasteiger partial charge on any atom is -0.462 e. The van der Waals surface area contributed by atoms with Gasteiger partial charge in [0, 0.05) is 19.3 Å². The largest absolute Gasteiger partial charge is 0.472 e. The van der Waals surface area contributed by atoms with E-state index in [1.165, 1.54) is 96.3 Å². The summed E-state index contributed by atoms with van der Waals surface area (Å²) in [6, 6.07) is 0. The van der Waals surface area contributed by atoms with Gasteiger partial charge in [0.05, 0.1) is 19.8 Å². The Bertz CT molecular complexity index is 1890. The van der Waals surface area contributed by atoms with Gasteiger partial charge >= 0.3 is 25.7 Å². The van der Waals surface area contributed by atoms with Gasteiger partial charge in [0.15, 0.2) is 6.10 Å². The number of aliphatic hydroxyl groups is 1. The highest BCUT2D eigenvalue weighted by atomic mass is 31.2. The zero-order chi connectivity index (χ0) is 59.8. The smallest absolute Gasteiger partial charge is 0.462 e. The molecule has 0 saturated heterocycles. The maximum absolute atomic E-state index is 12.9. The van der Waals surface area contributed by atoms with Crippen LogP contribution < -0.4 is 0 Å². The fourth-order valence-corrected chi connectivity index (χ4v) is 9.08. The van der Waals surface area contributed by atoms with Gasteiger partial charge in [0.2, 0.25) is 0 Å². The lowest BCUT2D eigenvalue weighted by atomic mass is 10.0. The number of hydrogen-bond donors (Lipinski definition) is 2. The molecule has 0 amide bonds. The fraction of sp³-hybridized carbons (Fsp3) is 0.643. The van der Waals surface area contributed by atoms with Crippen LogP contribution in [-0.4, -0.2) is 66.5 Å². The molecule has 0 bridgehead atoms. The van der Waals surface area contributed by atoms with E-state index in [4.69, 9.17) is 23.3 Å². The Morgan fingerprint density at radius 2 is 0.659 bits per heavy atom. The van der Waals surface area contributed by atoms with Gasteiger partial charge in [0.25, 0.3) is 0 Å². The number of hydrogen-bond acceptors (Lipinski definition) is 10. The first-order chi connectivity index (χ1) is 40.2. The normalized spacial score (nSPS) is 14.2. The van der Waals surface area contributed by atoms with Crippen LogP contribution in [0.5, 0.6) is 0 Å². The second-order valence-corrected chi connectivity index (χ2v) is 22.3. The van der Waals surface area contributed by atoms with Gasteiger partial charge < -0.3 is 24.2 Å². The highest BCUT2D eigenvalue weighted by Gasteiger charge is 2.28. The fourth-order valence-electron chi connectivity index (χ4n) is 8.30. The van der Waals surface area contributed by atoms with E-state index in [1.54, 1.807) is 0 Å². The molecule has 12 heteroatoms. The molecular formula is C70H115O11P. The zero-order valence-electron chi connectivity index (χ0n) is 51.7. The summed E-state index contributed by atoms with van der Waals surface area (Å²) in [6.07, 6.45) is 80.0. The van der Waals surface area contributed by atoms with Crippen LogP contribution in [0, 0.1) is 0 Å². The van der Waals surface area contributed by atoms with Gasteiger partial charge in [-0.15, -0.1) is 0 Å². The standard InChI is InChI=1S/C70H115O11P/c1-4-7-10-13-16-19-22-25-28-31-33-36-38-41-44-47-50-53-56-59-68(72)77-63-67(81-70(74)61-58-55-52-49-46-43-40-37-34-32-29-26-23-20-17-14-11-8-5-2)65-79-82(75,76)78-64-66(62-71)80-69(73)60-57-54-51-48-45-42-39-35-30-27-24-21-18-15-12-9-6-3/h8-9,11-12,17-18,20-21,26-27,29-30,34,37,39,42-43,46,48,51-52,55,66-67,71H,4-7,10,13-16,19,22-25,28,31-33,35-36,38,40-41,44-45,47,49-50,53-54,56-65H2,1-3H3,(H,75,76)/b11-8-,12-9-,20-17-,21-18-,29-26-,30-27-,37-34-,42-39-,46-43-,51-48-,55-52-. The average Bonchev–Trinajstić information content (AvgIpc) is 3.50. The lowest BCUT2D eigenvalue weighted by Gasteiger charge is -2.21. The van der Waals surface area contributed by atoms with Crippen LogP contribution in [0.1, 0.15) is 252 Å². The summed E-state index contributed by atoms with van der Waals surface area (Å²) in [5.74, 6) is -1.63. The molecule has 0 radical (unpaired) electrons. The van der Waals surface area contributed by atoms with Crippen LogP contribution in [0.25, 0.3) is 0 Å². The highest BCUT2D eigenvalue weighted by molar-refractivity contribution is 7.47. The summed E-state index contributed by atoms with van der Waals surface area (Å²) < 4.78 is 39.5. The van der Waals surface area contributed by atoms with Crippen LogP contribution >= 0.6 is 7.82 Å². The molecule has 11 nitrogen and oxygen atoms in total. The van der Waals surface area contributed by atoms with Crippen molar-refractivity contribution in [3.05, 3.63) is 134 Å². The van der Waals surface area contributed by atoms with Crippen LogP contribution in [0.2, 0.25) is 0 Å². The molecular weight excluding hydrogens is 1050 g/mol. The van der Waals surface area contributed by atoms with Crippen molar-refractivity contribution < 1.29 is 52.2 Å². The summed E-state index contributed by atoms with van der Waals surface area (Å²) in [5.41, 5.74) is 0. The average molecular weight is 1160 g/mol. The van der Waals surface area contributed by atoms with E-state index in [9.17, 15) is 28.9 Å². The summed E-state index contributed by atoms with van der Waals surface area (Å²) >= 11 is 0. The monoisotopic (exact) mass is 1160 g/mol. The van der Waals surface area contributed by atoms with Crippen LogP contribution in [0.3, 0.4) is 0 Å². The van der Waals surface area contributed by atoms with Crippen molar-refractivity contribution in [2.24, 2.45) is 0 Å². The summed E-state index contributed by atoms with van der Waals surface area (Å²) in [7, 11) is -4.80. The molecule has 0 aromatic rings. The third-order valence-electron chi connectivity index (χ3n) is 13.1. The number of allylic oxidation sites excluding steroid dienone is 22. The molecule has 0 heterocycles. The molecule has 0 aliphatic heterocycles. The van der Waals surface area contributed by atoms with Crippen molar-refractivity contribution in [3.8, 4) is 0 Å². The molecule has 0 aliphatic carbocycles. The molecule has 0 spiro atoms. The van der Waals surface area contributed by atoms with Crippen molar-refractivity contribution in [1.82, 2.24) is 0 Å². The summed E-state index contributed by atoms with van der Waals surface area (Å²) in [4.78, 5) is 48.7. The second-order valence-electron chi connectivity index (χ2n) is 20.8.